The highest BCUT2D eigenvalue weighted by Gasteiger charge is 1.76. The van der Waals surface area contributed by atoms with Gasteiger partial charge in [0.05, 0.1) is 0 Å². The Bertz CT molecular complexity index is 116. The van der Waals surface area contributed by atoms with Gasteiger partial charge in [-0.3, -0.25) is 0 Å². The third kappa shape index (κ3) is 5.10. The quantitative estimate of drug-likeness (QED) is 0.231. The number of nitrogens with zero attached hydrogens (tertiary/aromatic N) is 2. The van der Waals surface area contributed by atoms with Gasteiger partial charge in [0.25, 0.3) is 0 Å². The van der Waals surface area contributed by atoms with Gasteiger partial charge in [0.2, 0.25) is 0 Å². The molecule has 0 spiro atoms. The van der Waals surface area contributed by atoms with Crippen LogP contribution in [0.1, 0.15) is 0 Å². The van der Waals surface area contributed by atoms with Crippen LogP contribution in [-0.4, -0.2) is 0 Å². The molecule has 0 bridgehead atoms. The lowest BCUT2D eigenvalue weighted by atomic mass is 12.6. The summed E-state index contributed by atoms with van der Waals surface area (Å²) in [5.41, 5.74) is 0. The second-order valence-electron chi connectivity index (χ2n) is 0.573. The molecule has 0 radical (unpaired) electrons. The topological polar surface area (TPSA) is 96.9 Å². The highest BCUT2D eigenvalue weighted by atomic mass is 31.1. The number of hydrogen-bond acceptors (Lipinski definition) is 4. The standard InChI is InChI=1S/H3N4O2P/c1-2-3-4-7(5)6/h(H2,1,3)(H,2,4,5,6). The number of hydrogen-bond donors (Lipinski definition) is 2. The van der Waals surface area contributed by atoms with Crippen LogP contribution in [0.3, 0.4) is 0 Å². The molecule has 0 aromatic carbocycles. The molecule has 0 amide bonds. The molecule has 0 saturated heterocycles. The van der Waals surface area contributed by atoms with E-state index < -0.39 is 7.83 Å². The summed E-state index contributed by atoms with van der Waals surface area (Å²) in [5, 5.41) is 6.92. The molecule has 0 aromatic rings. The van der Waals surface area contributed by atoms with E-state index in [1.54, 1.807) is 5.20 Å². The fourth-order valence-corrected chi connectivity index (χ4v) is 0.187. The van der Waals surface area contributed by atoms with Crippen molar-refractivity contribution in [3.8, 4) is 0 Å². The highest BCUT2D eigenvalue weighted by molar-refractivity contribution is 7.28. The van der Waals surface area contributed by atoms with Crippen molar-refractivity contribution >= 4 is 7.83 Å². The minimum Gasteiger partial charge on any atom is -0.303 e. The average Bonchev–Trinajstić information content (AvgIpc) is 1.61. The molecule has 40 valence electrons. The number of rotatable bonds is 2. The predicted molar refractivity (Wildman–Crippen MR) is 20.5 cm³/mol. The van der Waals surface area contributed by atoms with Crippen molar-refractivity contribution < 1.29 is 9.13 Å². The first-order valence-corrected chi connectivity index (χ1v) is 2.45. The van der Waals surface area contributed by atoms with Crippen molar-refractivity contribution in [1.29, 1.82) is 0 Å². The van der Waals surface area contributed by atoms with Crippen LogP contribution in [0.2, 0.25) is 0 Å². The van der Waals surface area contributed by atoms with Gasteiger partial charge in [0.15, 0.2) is 0 Å². The Morgan fingerprint density at radius 2 is 2.14 bits per heavy atom. The Labute approximate surface area is 39.6 Å². The van der Waals surface area contributed by atoms with Gasteiger partial charge >= 0.3 is 7.83 Å². The van der Waals surface area contributed by atoms with Gasteiger partial charge in [-0.2, -0.15) is 5.20 Å². The lowest BCUT2D eigenvalue weighted by Crippen LogP contribution is -1.86. The van der Waals surface area contributed by atoms with Crippen LogP contribution in [0.25, 0.3) is 0 Å². The van der Waals surface area contributed by atoms with Crippen LogP contribution in [-0.2, 0) is 9.13 Å². The third-order valence-corrected chi connectivity index (χ3v) is 0.437. The molecule has 6 nitrogen and oxygen atoms in total. The molecule has 0 unspecified atom stereocenters. The summed E-state index contributed by atoms with van der Waals surface area (Å²) < 4.78 is 18.9. The van der Waals surface area contributed by atoms with Crippen LogP contribution in [0.15, 0.2) is 10.4 Å². The zero-order valence-corrected chi connectivity index (χ0v) is 4.13. The largest absolute Gasteiger partial charge is 0.441 e. The fraction of sp³-hybridized carbons (Fsp3) is 0. The van der Waals surface area contributed by atoms with Gasteiger partial charge in [-0.05, 0) is 5.22 Å². The lowest BCUT2D eigenvalue weighted by molar-refractivity contribution is 0.504. The summed E-state index contributed by atoms with van der Waals surface area (Å²) in [6.07, 6.45) is 0. The monoisotopic (exact) mass is 122 g/mol. The Balaban J connectivity index is 3.33. The first kappa shape index (κ1) is 6.10. The zero-order valence-electron chi connectivity index (χ0n) is 3.24. The Kier molecular flexibility index (Phi) is 2.87. The molecular weight excluding hydrogens is 119 g/mol. The summed E-state index contributed by atoms with van der Waals surface area (Å²) in [7, 11) is -2.70. The summed E-state index contributed by atoms with van der Waals surface area (Å²) in [6.45, 7) is 0. The Hall–Kier alpha value is -0.900. The van der Waals surface area contributed by atoms with Crippen LogP contribution in [0, 0.1) is 0 Å². The van der Waals surface area contributed by atoms with E-state index in [-0.39, 0.29) is 0 Å². The number of nitrogens with one attached hydrogen (secondary N) is 1. The molecule has 0 fully saturated rings. The second-order valence-corrected chi connectivity index (χ2v) is 1.29. The minimum atomic E-state index is -2.70. The van der Waals surface area contributed by atoms with Crippen molar-refractivity contribution in [2.24, 2.45) is 16.3 Å². The van der Waals surface area contributed by atoms with Crippen molar-refractivity contribution in [2.75, 3.05) is 0 Å². The van der Waals surface area contributed by atoms with Crippen LogP contribution in [0.4, 0.5) is 0 Å². The Morgan fingerprint density at radius 1 is 1.57 bits per heavy atom. The molecule has 0 aliphatic rings. The van der Waals surface area contributed by atoms with E-state index in [1.165, 1.54) is 0 Å². The van der Waals surface area contributed by atoms with E-state index in [9.17, 15) is 9.13 Å². The highest BCUT2D eigenvalue weighted by Crippen LogP contribution is 1.90. The van der Waals surface area contributed by atoms with Crippen molar-refractivity contribution in [1.82, 2.24) is 5.20 Å². The molecule has 0 saturated carbocycles. The van der Waals surface area contributed by atoms with Gasteiger partial charge in [-0.15, -0.1) is 0 Å². The van der Waals surface area contributed by atoms with Gasteiger partial charge < -0.3 is 5.84 Å². The minimum absolute atomic E-state index is 1.58. The Morgan fingerprint density at radius 3 is 2.29 bits per heavy atom. The number of nitrogens with two attached hydrogens (primary N) is 1. The molecule has 0 atom stereocenters. The molecule has 0 aliphatic heterocycles. The molecule has 7 heteroatoms. The smallest absolute Gasteiger partial charge is 0.303 e. The van der Waals surface area contributed by atoms with E-state index in [2.05, 4.69) is 16.3 Å². The molecule has 0 rings (SSSR count). The van der Waals surface area contributed by atoms with E-state index >= 15 is 0 Å². The third-order valence-electron chi connectivity index (χ3n) is 0.184. The van der Waals surface area contributed by atoms with Crippen molar-refractivity contribution in [3.05, 3.63) is 0 Å². The summed E-state index contributed by atoms with van der Waals surface area (Å²) >= 11 is 0. The summed E-state index contributed by atoms with van der Waals surface area (Å²) in [6, 6.07) is 0. The first-order valence-electron chi connectivity index (χ1n) is 1.27. The SMILES string of the molecule is NN=NNP(=O)=O. The van der Waals surface area contributed by atoms with Gasteiger partial charge in [-0.1, -0.05) is 5.22 Å². The first-order chi connectivity index (χ1) is 3.27. The van der Waals surface area contributed by atoms with E-state index in [4.69, 9.17) is 0 Å². The second kappa shape index (κ2) is 3.30. The van der Waals surface area contributed by atoms with E-state index in [1.807, 2.05) is 0 Å². The summed E-state index contributed by atoms with van der Waals surface area (Å²) in [5.74, 6) is 4.41. The lowest BCUT2D eigenvalue weighted by Gasteiger charge is -1.72. The molecule has 0 aliphatic carbocycles. The zero-order chi connectivity index (χ0) is 5.70. The van der Waals surface area contributed by atoms with Crippen molar-refractivity contribution in [3.63, 3.8) is 0 Å². The maximum absolute atomic E-state index is 9.47. The molecule has 3 N–H and O–H groups in total. The van der Waals surface area contributed by atoms with Crippen LogP contribution >= 0.6 is 7.83 Å². The predicted octanol–water partition coefficient (Wildman–Crippen LogP) is -0.0952. The average molecular weight is 122 g/mol. The van der Waals surface area contributed by atoms with Crippen molar-refractivity contribution in [2.45, 2.75) is 0 Å². The van der Waals surface area contributed by atoms with Crippen LogP contribution in [0.5, 0.6) is 0 Å². The maximum Gasteiger partial charge on any atom is 0.441 e. The van der Waals surface area contributed by atoms with Gasteiger partial charge in [0, 0.05) is 0 Å². The molecule has 7 heavy (non-hydrogen) atoms. The van der Waals surface area contributed by atoms with E-state index in [0.29, 0.717) is 0 Å². The van der Waals surface area contributed by atoms with Gasteiger partial charge in [-0.25, -0.2) is 9.13 Å². The normalized spacial score (nSPS) is 9.14. The van der Waals surface area contributed by atoms with Crippen LogP contribution < -0.4 is 11.0 Å². The maximum atomic E-state index is 9.47. The van der Waals surface area contributed by atoms with Gasteiger partial charge in [0.1, 0.15) is 0 Å². The molecule has 0 heterocycles. The molecular formula is H3N4O2P. The van der Waals surface area contributed by atoms with E-state index in [0.717, 1.165) is 0 Å². The molecule has 0 aromatic heterocycles. The fourth-order valence-electron chi connectivity index (χ4n) is 0.0623. The summed E-state index contributed by atoms with van der Waals surface area (Å²) in [4.78, 5) is 0.